The second-order valence-electron chi connectivity index (χ2n) is 5.95. The van der Waals surface area contributed by atoms with Gasteiger partial charge in [-0.3, -0.25) is 4.79 Å². The smallest absolute Gasteiger partial charge is 0.201 e. The Hall–Kier alpha value is -1.38. The van der Waals surface area contributed by atoms with Gasteiger partial charge in [-0.15, -0.1) is 35.3 Å². The van der Waals surface area contributed by atoms with E-state index in [0.29, 0.717) is 10.8 Å². The standard InChI is InChI=1S/C18H20N2O2S.HI/c1-11-7-8-12(19-9-10-20(2)3)15-17(22)16-13(21)5-4-6-14(16)23-18(11)15;/h4-8,19,21H,9-10H2,1-3H3;1H. The van der Waals surface area contributed by atoms with Gasteiger partial charge in [0.1, 0.15) is 5.75 Å². The molecular weight excluding hydrogens is 435 g/mol. The lowest BCUT2D eigenvalue weighted by Crippen LogP contribution is -2.21. The van der Waals surface area contributed by atoms with Crippen molar-refractivity contribution in [2.24, 2.45) is 0 Å². The summed E-state index contributed by atoms with van der Waals surface area (Å²) in [4.78, 5) is 15.1. The average molecular weight is 456 g/mol. The summed E-state index contributed by atoms with van der Waals surface area (Å²) in [6.07, 6.45) is 0. The summed E-state index contributed by atoms with van der Waals surface area (Å²) in [6, 6.07) is 9.20. The molecule has 2 aromatic carbocycles. The van der Waals surface area contributed by atoms with Gasteiger partial charge in [-0.05, 0) is 44.8 Å². The van der Waals surface area contributed by atoms with Crippen LogP contribution in [0, 0.1) is 6.92 Å². The number of aromatic hydroxyl groups is 1. The van der Waals surface area contributed by atoms with Crippen LogP contribution in [0.2, 0.25) is 0 Å². The Kier molecular flexibility index (Phi) is 6.06. The van der Waals surface area contributed by atoms with Crippen LogP contribution in [0.15, 0.2) is 35.1 Å². The van der Waals surface area contributed by atoms with Gasteiger partial charge in [-0.1, -0.05) is 12.1 Å². The molecule has 1 aromatic heterocycles. The maximum absolute atomic E-state index is 13.0. The van der Waals surface area contributed by atoms with Crippen molar-refractivity contribution >= 4 is 61.2 Å². The maximum atomic E-state index is 13.0. The van der Waals surface area contributed by atoms with Crippen molar-refractivity contribution in [3.8, 4) is 5.75 Å². The first-order chi connectivity index (χ1) is 11.0. The first-order valence-electron chi connectivity index (χ1n) is 7.55. The zero-order chi connectivity index (χ0) is 16.6. The van der Waals surface area contributed by atoms with Crippen LogP contribution in [0.5, 0.6) is 5.75 Å². The predicted molar refractivity (Wildman–Crippen MR) is 114 cm³/mol. The van der Waals surface area contributed by atoms with Gasteiger partial charge in [0.05, 0.1) is 10.8 Å². The van der Waals surface area contributed by atoms with Crippen LogP contribution < -0.4 is 10.7 Å². The van der Waals surface area contributed by atoms with Crippen molar-refractivity contribution in [1.29, 1.82) is 0 Å². The number of nitrogens with zero attached hydrogens (tertiary/aromatic N) is 1. The van der Waals surface area contributed by atoms with Gasteiger partial charge in [-0.2, -0.15) is 0 Å². The van der Waals surface area contributed by atoms with Gasteiger partial charge in [0, 0.05) is 28.2 Å². The highest BCUT2D eigenvalue weighted by molar-refractivity contribution is 14.0. The van der Waals surface area contributed by atoms with Crippen LogP contribution in [0.3, 0.4) is 0 Å². The fraction of sp³-hybridized carbons (Fsp3) is 0.278. The quantitative estimate of drug-likeness (QED) is 0.460. The Labute approximate surface area is 162 Å². The van der Waals surface area contributed by atoms with E-state index < -0.39 is 0 Å². The van der Waals surface area contributed by atoms with E-state index in [9.17, 15) is 9.90 Å². The summed E-state index contributed by atoms with van der Waals surface area (Å²) < 4.78 is 1.79. The topological polar surface area (TPSA) is 52.6 Å². The molecule has 0 aliphatic carbocycles. The molecular formula is C18H21IN2O2S. The van der Waals surface area contributed by atoms with E-state index in [0.717, 1.165) is 33.7 Å². The maximum Gasteiger partial charge on any atom is 0.201 e. The van der Waals surface area contributed by atoms with Crippen molar-refractivity contribution in [2.45, 2.75) is 6.92 Å². The molecule has 1 heterocycles. The second kappa shape index (κ2) is 7.67. The molecule has 3 rings (SSSR count). The predicted octanol–water partition coefficient (Wildman–Crippen LogP) is 4.02. The van der Waals surface area contributed by atoms with Gasteiger partial charge in [0.15, 0.2) is 0 Å². The first kappa shape index (κ1) is 19.0. The van der Waals surface area contributed by atoms with Gasteiger partial charge < -0.3 is 15.3 Å². The molecule has 6 heteroatoms. The van der Waals surface area contributed by atoms with Gasteiger partial charge in [0.25, 0.3) is 0 Å². The van der Waals surface area contributed by atoms with E-state index in [4.69, 9.17) is 0 Å². The fourth-order valence-electron chi connectivity index (χ4n) is 2.67. The third-order valence-electron chi connectivity index (χ3n) is 3.90. The van der Waals surface area contributed by atoms with Crippen molar-refractivity contribution in [1.82, 2.24) is 4.90 Å². The fourth-order valence-corrected chi connectivity index (χ4v) is 3.87. The minimum atomic E-state index is -0.108. The number of hydrogen-bond acceptors (Lipinski definition) is 5. The summed E-state index contributed by atoms with van der Waals surface area (Å²) in [5.74, 6) is 0.0476. The van der Waals surface area contributed by atoms with E-state index in [1.807, 2.05) is 39.2 Å². The SMILES string of the molecule is Cc1ccc(NCCN(C)C)c2c(=O)c3c(O)cccc3sc12.I. The van der Waals surface area contributed by atoms with Gasteiger partial charge in [0.2, 0.25) is 5.43 Å². The van der Waals surface area contributed by atoms with Crippen molar-refractivity contribution in [3.05, 3.63) is 46.1 Å². The Morgan fingerprint density at radius 3 is 2.62 bits per heavy atom. The van der Waals surface area contributed by atoms with E-state index >= 15 is 0 Å². The molecule has 3 aromatic rings. The molecule has 2 N–H and O–H groups in total. The van der Waals surface area contributed by atoms with Crippen LogP contribution in [0.1, 0.15) is 5.56 Å². The summed E-state index contributed by atoms with van der Waals surface area (Å²) in [7, 11) is 4.03. The highest BCUT2D eigenvalue weighted by atomic mass is 127. The van der Waals surface area contributed by atoms with Crippen molar-refractivity contribution in [3.63, 3.8) is 0 Å². The lowest BCUT2D eigenvalue weighted by Gasteiger charge is -2.14. The second-order valence-corrected chi connectivity index (χ2v) is 7.00. The molecule has 0 unspecified atom stereocenters. The van der Waals surface area contributed by atoms with Crippen LogP contribution in [-0.4, -0.2) is 37.2 Å². The normalized spacial score (nSPS) is 11.0. The number of aryl methyl sites for hydroxylation is 1. The molecule has 0 fully saturated rings. The zero-order valence-electron chi connectivity index (χ0n) is 13.9. The number of halogens is 1. The Morgan fingerprint density at radius 2 is 1.92 bits per heavy atom. The highest BCUT2D eigenvalue weighted by Gasteiger charge is 2.14. The summed E-state index contributed by atoms with van der Waals surface area (Å²) >= 11 is 1.55. The zero-order valence-corrected chi connectivity index (χ0v) is 17.1. The summed E-state index contributed by atoms with van der Waals surface area (Å²) in [6.45, 7) is 3.65. The monoisotopic (exact) mass is 456 g/mol. The molecule has 4 nitrogen and oxygen atoms in total. The van der Waals surface area contributed by atoms with Crippen LogP contribution in [0.25, 0.3) is 20.2 Å². The molecule has 0 spiro atoms. The number of anilines is 1. The highest BCUT2D eigenvalue weighted by Crippen LogP contribution is 2.34. The number of nitrogens with one attached hydrogen (secondary N) is 1. The lowest BCUT2D eigenvalue weighted by atomic mass is 10.1. The average Bonchev–Trinajstić information content (AvgIpc) is 2.49. The number of phenols is 1. The Balaban J connectivity index is 0.00000208. The molecule has 0 atom stereocenters. The number of likely N-dealkylation sites (N-methyl/N-ethyl adjacent to an activating group) is 1. The van der Waals surface area contributed by atoms with Crippen molar-refractivity contribution in [2.75, 3.05) is 32.5 Å². The van der Waals surface area contributed by atoms with Gasteiger partial charge >= 0.3 is 0 Å². The van der Waals surface area contributed by atoms with E-state index in [1.165, 1.54) is 0 Å². The van der Waals surface area contributed by atoms with E-state index in [1.54, 1.807) is 23.5 Å². The third kappa shape index (κ3) is 3.50. The van der Waals surface area contributed by atoms with Crippen LogP contribution in [0.4, 0.5) is 5.69 Å². The number of rotatable bonds is 4. The Bertz CT molecular complexity index is 938. The number of phenolic OH excluding ortho intramolecular Hbond substituents is 1. The molecule has 0 bridgehead atoms. The number of benzene rings is 2. The van der Waals surface area contributed by atoms with E-state index in [2.05, 4.69) is 10.2 Å². The minimum absolute atomic E-state index is 0. The van der Waals surface area contributed by atoms with Crippen LogP contribution in [-0.2, 0) is 0 Å². The number of fused-ring (bicyclic) bond motifs is 2. The molecule has 0 saturated carbocycles. The first-order valence-corrected chi connectivity index (χ1v) is 8.37. The van der Waals surface area contributed by atoms with Crippen LogP contribution >= 0.6 is 35.3 Å². The van der Waals surface area contributed by atoms with E-state index in [-0.39, 0.29) is 35.2 Å². The third-order valence-corrected chi connectivity index (χ3v) is 5.19. The molecule has 0 aliphatic heterocycles. The molecule has 0 aliphatic rings. The molecule has 0 amide bonds. The molecule has 0 saturated heterocycles. The molecule has 0 radical (unpaired) electrons. The molecule has 128 valence electrons. The Morgan fingerprint density at radius 1 is 1.17 bits per heavy atom. The lowest BCUT2D eigenvalue weighted by molar-refractivity contribution is 0.425. The summed E-state index contributed by atoms with van der Waals surface area (Å²) in [5.41, 5.74) is 1.80. The number of hydrogen-bond donors (Lipinski definition) is 2. The van der Waals surface area contributed by atoms with Crippen molar-refractivity contribution < 1.29 is 5.11 Å². The largest absolute Gasteiger partial charge is 0.507 e. The molecule has 24 heavy (non-hydrogen) atoms. The summed E-state index contributed by atoms with van der Waals surface area (Å²) in [5, 5.41) is 14.5. The van der Waals surface area contributed by atoms with Gasteiger partial charge in [-0.25, -0.2) is 0 Å². The minimum Gasteiger partial charge on any atom is -0.507 e.